The Bertz CT molecular complexity index is 612. The lowest BCUT2D eigenvalue weighted by molar-refractivity contribution is 0.0734. The number of nitrogens with zero attached hydrogens (tertiary/aromatic N) is 3. The van der Waals surface area contributed by atoms with Crippen molar-refractivity contribution in [1.29, 1.82) is 0 Å². The van der Waals surface area contributed by atoms with E-state index in [0.717, 1.165) is 24.2 Å². The lowest BCUT2D eigenvalue weighted by Crippen LogP contribution is -2.36. The second-order valence-corrected chi connectivity index (χ2v) is 4.64. The van der Waals surface area contributed by atoms with E-state index in [1.54, 1.807) is 6.07 Å². The van der Waals surface area contributed by atoms with Gasteiger partial charge in [0.2, 0.25) is 0 Å². The van der Waals surface area contributed by atoms with Gasteiger partial charge >= 0.3 is 0 Å². The van der Waals surface area contributed by atoms with Crippen LogP contribution in [0.2, 0.25) is 0 Å². The van der Waals surface area contributed by atoms with E-state index in [9.17, 15) is 4.79 Å². The highest BCUT2D eigenvalue weighted by Gasteiger charge is 2.21. The Kier molecular flexibility index (Phi) is 2.87. The number of carbonyl (C=O) groups excluding carboxylic acids is 1. The van der Waals surface area contributed by atoms with Crippen LogP contribution in [0.3, 0.4) is 0 Å². The van der Waals surface area contributed by atoms with E-state index >= 15 is 0 Å². The molecule has 5 nitrogen and oxygen atoms in total. The summed E-state index contributed by atoms with van der Waals surface area (Å²) in [6.07, 6.45) is 3.89. The van der Waals surface area contributed by atoms with Crippen molar-refractivity contribution in [1.82, 2.24) is 15.1 Å². The van der Waals surface area contributed by atoms with Crippen LogP contribution >= 0.6 is 0 Å². The second kappa shape index (κ2) is 4.68. The van der Waals surface area contributed by atoms with Crippen molar-refractivity contribution in [3.63, 3.8) is 0 Å². The monoisotopic (exact) mass is 254 g/mol. The molecule has 1 aliphatic heterocycles. The standard InChI is InChI=1S/C14H14N4O/c15-13-2-1-10-4-6-18(9-12(10)7-13)14(19)11-3-5-16-17-8-11/h1-3,5,7-8H,4,6,9,15H2. The number of rotatable bonds is 1. The fourth-order valence-electron chi connectivity index (χ4n) is 2.35. The molecule has 96 valence electrons. The number of nitrogen functional groups attached to an aromatic ring is 1. The summed E-state index contributed by atoms with van der Waals surface area (Å²) in [5, 5.41) is 7.42. The van der Waals surface area contributed by atoms with Gasteiger partial charge in [0, 0.05) is 18.8 Å². The SMILES string of the molecule is Nc1ccc2c(c1)CN(C(=O)c1ccnnc1)CC2. The van der Waals surface area contributed by atoms with Crippen molar-refractivity contribution < 1.29 is 4.79 Å². The van der Waals surface area contributed by atoms with Crippen molar-refractivity contribution in [2.24, 2.45) is 0 Å². The van der Waals surface area contributed by atoms with Gasteiger partial charge in [0.1, 0.15) is 0 Å². The Balaban J connectivity index is 1.84. The molecule has 19 heavy (non-hydrogen) atoms. The molecule has 0 unspecified atom stereocenters. The predicted octanol–water partition coefficient (Wildman–Crippen LogP) is 1.26. The third-order valence-electron chi connectivity index (χ3n) is 3.36. The number of hydrogen-bond acceptors (Lipinski definition) is 4. The minimum Gasteiger partial charge on any atom is -0.399 e. The molecule has 0 spiro atoms. The second-order valence-electron chi connectivity index (χ2n) is 4.64. The molecule has 1 aromatic heterocycles. The minimum atomic E-state index is -0.0111. The lowest BCUT2D eigenvalue weighted by Gasteiger charge is -2.29. The van der Waals surface area contributed by atoms with E-state index in [1.165, 1.54) is 18.0 Å². The highest BCUT2D eigenvalue weighted by molar-refractivity contribution is 5.93. The first-order chi connectivity index (χ1) is 9.24. The van der Waals surface area contributed by atoms with E-state index < -0.39 is 0 Å². The van der Waals surface area contributed by atoms with Crippen LogP contribution < -0.4 is 5.73 Å². The number of benzene rings is 1. The summed E-state index contributed by atoms with van der Waals surface area (Å²) in [4.78, 5) is 14.1. The normalized spacial score (nSPS) is 14.0. The molecule has 0 aliphatic carbocycles. The van der Waals surface area contributed by atoms with Crippen molar-refractivity contribution in [3.05, 3.63) is 53.3 Å². The molecule has 1 aromatic carbocycles. The van der Waals surface area contributed by atoms with Gasteiger partial charge in [-0.25, -0.2) is 0 Å². The largest absolute Gasteiger partial charge is 0.399 e. The maximum Gasteiger partial charge on any atom is 0.255 e. The van der Waals surface area contributed by atoms with E-state index in [0.29, 0.717) is 12.1 Å². The van der Waals surface area contributed by atoms with E-state index in [1.807, 2.05) is 23.1 Å². The molecular weight excluding hydrogens is 240 g/mol. The van der Waals surface area contributed by atoms with Gasteiger partial charge in [0.25, 0.3) is 5.91 Å². The van der Waals surface area contributed by atoms with Gasteiger partial charge in [0.15, 0.2) is 0 Å². The maximum absolute atomic E-state index is 12.3. The smallest absolute Gasteiger partial charge is 0.255 e. The van der Waals surface area contributed by atoms with Crippen LogP contribution in [0.1, 0.15) is 21.5 Å². The van der Waals surface area contributed by atoms with Crippen LogP contribution in [0.15, 0.2) is 36.7 Å². The van der Waals surface area contributed by atoms with E-state index in [2.05, 4.69) is 10.2 Å². The van der Waals surface area contributed by atoms with Crippen molar-refractivity contribution in [2.45, 2.75) is 13.0 Å². The third kappa shape index (κ3) is 2.27. The molecule has 2 aromatic rings. The predicted molar refractivity (Wildman–Crippen MR) is 71.3 cm³/mol. The van der Waals surface area contributed by atoms with E-state index in [4.69, 9.17) is 5.73 Å². The van der Waals surface area contributed by atoms with Gasteiger partial charge < -0.3 is 10.6 Å². The highest BCUT2D eigenvalue weighted by Crippen LogP contribution is 2.22. The molecule has 5 heteroatoms. The number of aromatic nitrogens is 2. The van der Waals surface area contributed by atoms with Gasteiger partial charge in [-0.3, -0.25) is 4.79 Å². The number of hydrogen-bond donors (Lipinski definition) is 1. The van der Waals surface area contributed by atoms with Crippen LogP contribution in [0.25, 0.3) is 0 Å². The zero-order valence-electron chi connectivity index (χ0n) is 10.4. The number of anilines is 1. The Hall–Kier alpha value is -2.43. The molecule has 0 radical (unpaired) electrons. The quantitative estimate of drug-likeness (QED) is 0.777. The first-order valence-electron chi connectivity index (χ1n) is 6.17. The molecule has 3 rings (SSSR count). The van der Waals surface area contributed by atoms with Gasteiger partial charge in [-0.05, 0) is 35.7 Å². The Morgan fingerprint density at radius 3 is 2.89 bits per heavy atom. The molecule has 0 saturated heterocycles. The topological polar surface area (TPSA) is 72.1 Å². The summed E-state index contributed by atoms with van der Waals surface area (Å²) < 4.78 is 0. The van der Waals surface area contributed by atoms with Gasteiger partial charge in [-0.2, -0.15) is 10.2 Å². The summed E-state index contributed by atoms with van der Waals surface area (Å²) in [5.41, 5.74) is 9.50. The number of fused-ring (bicyclic) bond motifs is 1. The van der Waals surface area contributed by atoms with Crippen LogP contribution in [0, 0.1) is 0 Å². The molecule has 1 amide bonds. The van der Waals surface area contributed by atoms with Crippen LogP contribution in [-0.4, -0.2) is 27.5 Å². The molecular formula is C14H14N4O. The lowest BCUT2D eigenvalue weighted by atomic mass is 9.98. The molecule has 0 atom stereocenters. The summed E-state index contributed by atoms with van der Waals surface area (Å²) in [7, 11) is 0. The minimum absolute atomic E-state index is 0.0111. The Morgan fingerprint density at radius 2 is 2.11 bits per heavy atom. The Labute approximate surface area is 111 Å². The zero-order valence-corrected chi connectivity index (χ0v) is 10.4. The van der Waals surface area contributed by atoms with Gasteiger partial charge in [0.05, 0.1) is 18.0 Å². The average Bonchev–Trinajstić information content (AvgIpc) is 2.46. The fraction of sp³-hybridized carbons (Fsp3) is 0.214. The molecule has 0 fully saturated rings. The molecule has 2 N–H and O–H groups in total. The number of amides is 1. The van der Waals surface area contributed by atoms with Gasteiger partial charge in [-0.1, -0.05) is 6.07 Å². The summed E-state index contributed by atoms with van der Waals surface area (Å²) >= 11 is 0. The summed E-state index contributed by atoms with van der Waals surface area (Å²) in [5.74, 6) is -0.0111. The maximum atomic E-state index is 12.3. The number of carbonyl (C=O) groups is 1. The van der Waals surface area contributed by atoms with E-state index in [-0.39, 0.29) is 5.91 Å². The summed E-state index contributed by atoms with van der Waals surface area (Å²) in [6, 6.07) is 7.58. The Morgan fingerprint density at radius 1 is 1.21 bits per heavy atom. The molecule has 0 saturated carbocycles. The molecule has 1 aliphatic rings. The first-order valence-corrected chi connectivity index (χ1v) is 6.17. The number of nitrogens with two attached hydrogens (primary N) is 1. The zero-order chi connectivity index (χ0) is 13.2. The van der Waals surface area contributed by atoms with Crippen molar-refractivity contribution in [2.75, 3.05) is 12.3 Å². The highest BCUT2D eigenvalue weighted by atomic mass is 16.2. The fourth-order valence-corrected chi connectivity index (χ4v) is 2.35. The molecule has 0 bridgehead atoms. The van der Waals surface area contributed by atoms with Crippen LogP contribution in [0.4, 0.5) is 5.69 Å². The molecule has 2 heterocycles. The first kappa shape index (κ1) is 11.6. The van der Waals surface area contributed by atoms with Gasteiger partial charge in [-0.15, -0.1) is 0 Å². The van der Waals surface area contributed by atoms with Crippen molar-refractivity contribution in [3.8, 4) is 0 Å². The van der Waals surface area contributed by atoms with Crippen LogP contribution in [-0.2, 0) is 13.0 Å². The van der Waals surface area contributed by atoms with Crippen molar-refractivity contribution >= 4 is 11.6 Å². The van der Waals surface area contributed by atoms with Crippen LogP contribution in [0.5, 0.6) is 0 Å². The summed E-state index contributed by atoms with van der Waals surface area (Å²) in [6.45, 7) is 1.32. The average molecular weight is 254 g/mol. The third-order valence-corrected chi connectivity index (χ3v) is 3.36.